The number of nitrogens with zero attached hydrogens (tertiary/aromatic N) is 1. The number of hydrogen-bond acceptors (Lipinski definition) is 4. The minimum atomic E-state index is -0.600. The number of rotatable bonds is 2. The standard InChI is InChI=1S/C11H11BrN2O3/c1-17-10(15)6-9-11(16)13-7-4-2-3-5-8(7)14(9)12/h2-5,9H,6H2,1H3,(H,13,16). The highest BCUT2D eigenvalue weighted by molar-refractivity contribution is 9.10. The van der Waals surface area contributed by atoms with Gasteiger partial charge >= 0.3 is 5.97 Å². The number of hydrogen-bond donors (Lipinski definition) is 1. The van der Waals surface area contributed by atoms with Crippen molar-refractivity contribution in [2.24, 2.45) is 0 Å². The number of anilines is 2. The van der Waals surface area contributed by atoms with Crippen molar-refractivity contribution in [2.75, 3.05) is 16.4 Å². The molecular weight excluding hydrogens is 288 g/mol. The van der Waals surface area contributed by atoms with E-state index < -0.39 is 12.0 Å². The van der Waals surface area contributed by atoms with Crippen LogP contribution in [0.3, 0.4) is 0 Å². The van der Waals surface area contributed by atoms with Crippen LogP contribution < -0.4 is 9.24 Å². The van der Waals surface area contributed by atoms with Crippen LogP contribution in [0.4, 0.5) is 11.4 Å². The third-order valence-electron chi connectivity index (χ3n) is 2.56. The van der Waals surface area contributed by atoms with Crippen LogP contribution in [-0.4, -0.2) is 25.0 Å². The van der Waals surface area contributed by atoms with Crippen molar-refractivity contribution in [1.29, 1.82) is 0 Å². The summed E-state index contributed by atoms with van der Waals surface area (Å²) in [6.45, 7) is 0. The van der Waals surface area contributed by atoms with E-state index in [0.717, 1.165) is 11.4 Å². The van der Waals surface area contributed by atoms with Crippen LogP contribution >= 0.6 is 16.1 Å². The third-order valence-corrected chi connectivity index (χ3v) is 3.43. The van der Waals surface area contributed by atoms with Crippen LogP contribution in [0.25, 0.3) is 0 Å². The molecule has 0 fully saturated rings. The van der Waals surface area contributed by atoms with Crippen molar-refractivity contribution in [1.82, 2.24) is 0 Å². The van der Waals surface area contributed by atoms with E-state index in [2.05, 4.69) is 26.2 Å². The van der Waals surface area contributed by atoms with Crippen LogP contribution in [0, 0.1) is 0 Å². The van der Waals surface area contributed by atoms with Gasteiger partial charge in [0.2, 0.25) is 5.91 Å². The van der Waals surface area contributed by atoms with Crippen LogP contribution in [0.5, 0.6) is 0 Å². The summed E-state index contributed by atoms with van der Waals surface area (Å²) in [7, 11) is 1.30. The number of halogens is 1. The van der Waals surface area contributed by atoms with Crippen molar-refractivity contribution in [2.45, 2.75) is 12.5 Å². The number of nitrogens with one attached hydrogen (secondary N) is 1. The minimum Gasteiger partial charge on any atom is -0.469 e. The molecule has 0 spiro atoms. The van der Waals surface area contributed by atoms with Crippen molar-refractivity contribution >= 4 is 39.4 Å². The summed E-state index contributed by atoms with van der Waals surface area (Å²) < 4.78 is 6.18. The van der Waals surface area contributed by atoms with Crippen LogP contribution in [0.15, 0.2) is 24.3 Å². The Labute approximate surface area is 107 Å². The Morgan fingerprint density at radius 2 is 2.24 bits per heavy atom. The quantitative estimate of drug-likeness (QED) is 0.667. The first-order chi connectivity index (χ1) is 8.13. The summed E-state index contributed by atoms with van der Waals surface area (Å²) in [5, 5.41) is 2.75. The smallest absolute Gasteiger partial charge is 0.308 e. The van der Waals surface area contributed by atoms with Crippen molar-refractivity contribution < 1.29 is 14.3 Å². The SMILES string of the molecule is COC(=O)CC1C(=O)Nc2ccccc2N1Br. The molecule has 17 heavy (non-hydrogen) atoms. The number of carbonyl (C=O) groups excluding carboxylic acids is 2. The fraction of sp³-hybridized carbons (Fsp3) is 0.273. The average molecular weight is 299 g/mol. The zero-order valence-corrected chi connectivity index (χ0v) is 10.7. The molecule has 0 radical (unpaired) electrons. The Balaban J connectivity index is 2.27. The van der Waals surface area contributed by atoms with Gasteiger partial charge in [-0.1, -0.05) is 12.1 Å². The predicted octanol–water partition coefficient (Wildman–Crippen LogP) is 1.69. The molecule has 0 bridgehead atoms. The highest BCUT2D eigenvalue weighted by atomic mass is 79.9. The van der Waals surface area contributed by atoms with Gasteiger partial charge in [0.05, 0.1) is 41.1 Å². The molecule has 1 aromatic carbocycles. The number of carbonyl (C=O) groups is 2. The maximum absolute atomic E-state index is 11.8. The molecule has 0 saturated carbocycles. The Kier molecular flexibility index (Phi) is 3.33. The molecule has 1 atom stereocenters. The van der Waals surface area contributed by atoms with E-state index in [1.54, 1.807) is 9.99 Å². The number of esters is 1. The molecule has 1 N–H and O–H groups in total. The van der Waals surface area contributed by atoms with Gasteiger partial charge in [0.1, 0.15) is 6.04 Å². The molecule has 1 amide bonds. The summed E-state index contributed by atoms with van der Waals surface area (Å²) >= 11 is 3.32. The van der Waals surface area contributed by atoms with Gasteiger partial charge < -0.3 is 10.1 Å². The van der Waals surface area contributed by atoms with Gasteiger partial charge in [0, 0.05) is 0 Å². The first-order valence-corrected chi connectivity index (χ1v) is 5.76. The number of fused-ring (bicyclic) bond motifs is 1. The molecular formula is C11H11BrN2O3. The lowest BCUT2D eigenvalue weighted by Crippen LogP contribution is -2.44. The van der Waals surface area contributed by atoms with Crippen LogP contribution in [-0.2, 0) is 14.3 Å². The van der Waals surface area contributed by atoms with E-state index in [0.29, 0.717) is 0 Å². The zero-order chi connectivity index (χ0) is 12.4. The molecule has 0 aromatic heterocycles. The Bertz CT molecular complexity index is 464. The normalized spacial score (nSPS) is 18.4. The maximum atomic E-state index is 11.8. The summed E-state index contributed by atoms with van der Waals surface area (Å²) in [6.07, 6.45) is 0.00190. The number of amides is 1. The summed E-state index contributed by atoms with van der Waals surface area (Å²) in [4.78, 5) is 23.1. The second-order valence-electron chi connectivity index (χ2n) is 3.61. The maximum Gasteiger partial charge on any atom is 0.308 e. The Morgan fingerprint density at radius 3 is 2.94 bits per heavy atom. The minimum absolute atomic E-state index is 0.00190. The number of benzene rings is 1. The third kappa shape index (κ3) is 2.26. The molecule has 1 aromatic rings. The molecule has 1 aliphatic heterocycles. The number of para-hydroxylation sites is 2. The molecule has 1 aliphatic rings. The first kappa shape index (κ1) is 11.9. The lowest BCUT2D eigenvalue weighted by atomic mass is 10.1. The fourth-order valence-corrected chi connectivity index (χ4v) is 2.31. The van der Waals surface area contributed by atoms with Gasteiger partial charge in [-0.15, -0.1) is 0 Å². The number of ether oxygens (including phenoxy) is 1. The lowest BCUT2D eigenvalue weighted by Gasteiger charge is -2.32. The highest BCUT2D eigenvalue weighted by Crippen LogP contribution is 2.34. The van der Waals surface area contributed by atoms with Crippen molar-refractivity contribution in [3.63, 3.8) is 0 Å². The van der Waals surface area contributed by atoms with Gasteiger partial charge in [-0.3, -0.25) is 13.5 Å². The molecule has 5 nitrogen and oxygen atoms in total. The molecule has 90 valence electrons. The second-order valence-corrected chi connectivity index (χ2v) is 4.38. The molecule has 0 aliphatic carbocycles. The van der Waals surface area contributed by atoms with Crippen molar-refractivity contribution in [3.8, 4) is 0 Å². The molecule has 0 saturated heterocycles. The molecule has 2 rings (SSSR count). The molecule has 1 unspecified atom stereocenters. The lowest BCUT2D eigenvalue weighted by molar-refractivity contribution is -0.142. The van der Waals surface area contributed by atoms with E-state index >= 15 is 0 Å². The van der Waals surface area contributed by atoms with E-state index in [1.165, 1.54) is 7.11 Å². The molecule has 1 heterocycles. The van der Waals surface area contributed by atoms with Gasteiger partial charge in [-0.2, -0.15) is 0 Å². The van der Waals surface area contributed by atoms with E-state index in [9.17, 15) is 9.59 Å². The second kappa shape index (κ2) is 4.75. The predicted molar refractivity (Wildman–Crippen MR) is 66.9 cm³/mol. The van der Waals surface area contributed by atoms with Gasteiger partial charge in [0.15, 0.2) is 0 Å². The van der Waals surface area contributed by atoms with Crippen molar-refractivity contribution in [3.05, 3.63) is 24.3 Å². The van der Waals surface area contributed by atoms with Crippen LogP contribution in [0.2, 0.25) is 0 Å². The Morgan fingerprint density at radius 1 is 1.53 bits per heavy atom. The summed E-state index contributed by atoms with van der Waals surface area (Å²) in [6, 6.07) is 6.75. The average Bonchev–Trinajstić information content (AvgIpc) is 2.34. The Hall–Kier alpha value is -1.56. The van der Waals surface area contributed by atoms with Gasteiger partial charge in [-0.25, -0.2) is 0 Å². The summed E-state index contributed by atoms with van der Waals surface area (Å²) in [5.74, 6) is -0.653. The van der Waals surface area contributed by atoms with E-state index in [4.69, 9.17) is 0 Å². The largest absolute Gasteiger partial charge is 0.469 e. The molecule has 6 heteroatoms. The fourth-order valence-electron chi connectivity index (χ4n) is 1.67. The van der Waals surface area contributed by atoms with Gasteiger partial charge in [-0.05, 0) is 12.1 Å². The number of methoxy groups -OCH3 is 1. The monoisotopic (exact) mass is 298 g/mol. The zero-order valence-electron chi connectivity index (χ0n) is 9.14. The van der Waals surface area contributed by atoms with Gasteiger partial charge in [0.25, 0.3) is 0 Å². The first-order valence-electron chi connectivity index (χ1n) is 5.05. The van der Waals surface area contributed by atoms with Crippen LogP contribution in [0.1, 0.15) is 6.42 Å². The highest BCUT2D eigenvalue weighted by Gasteiger charge is 2.33. The van der Waals surface area contributed by atoms with E-state index in [-0.39, 0.29) is 12.3 Å². The van der Waals surface area contributed by atoms with E-state index in [1.807, 2.05) is 18.2 Å². The topological polar surface area (TPSA) is 58.6 Å². The summed E-state index contributed by atoms with van der Waals surface area (Å²) in [5.41, 5.74) is 1.54.